The lowest BCUT2D eigenvalue weighted by atomic mass is 9.98. The SMILES string of the molecule is CCOC(=O)c1c(C)c(C(=O)C(C)N(CCC(C)C)C(=O)c2ccc(Cl)cc2)c(C)n1C. The van der Waals surface area contributed by atoms with E-state index in [0.717, 1.165) is 6.42 Å². The van der Waals surface area contributed by atoms with E-state index in [-0.39, 0.29) is 18.3 Å². The van der Waals surface area contributed by atoms with Gasteiger partial charge in [-0.25, -0.2) is 4.79 Å². The summed E-state index contributed by atoms with van der Waals surface area (Å²) in [5.74, 6) is -0.512. The van der Waals surface area contributed by atoms with Gasteiger partial charge in [-0.2, -0.15) is 0 Å². The molecule has 1 atom stereocenters. The molecule has 0 aliphatic rings. The lowest BCUT2D eigenvalue weighted by Crippen LogP contribution is -2.44. The average Bonchev–Trinajstić information content (AvgIpc) is 2.96. The van der Waals surface area contributed by atoms with Gasteiger partial charge in [-0.05, 0) is 69.9 Å². The van der Waals surface area contributed by atoms with Crippen LogP contribution >= 0.6 is 11.6 Å². The van der Waals surface area contributed by atoms with Crippen molar-refractivity contribution in [3.05, 3.63) is 57.4 Å². The zero-order chi connectivity index (χ0) is 24.2. The van der Waals surface area contributed by atoms with E-state index in [9.17, 15) is 14.4 Å². The van der Waals surface area contributed by atoms with E-state index in [2.05, 4.69) is 13.8 Å². The summed E-state index contributed by atoms with van der Waals surface area (Å²) >= 11 is 5.97. The lowest BCUT2D eigenvalue weighted by Gasteiger charge is -2.29. The number of esters is 1. The van der Waals surface area contributed by atoms with E-state index in [1.807, 2.05) is 0 Å². The Labute approximate surface area is 195 Å². The Morgan fingerprint density at radius 2 is 1.69 bits per heavy atom. The molecule has 7 heteroatoms. The number of carbonyl (C=O) groups is 3. The van der Waals surface area contributed by atoms with Crippen molar-refractivity contribution in [3.63, 3.8) is 0 Å². The van der Waals surface area contributed by atoms with Crippen LogP contribution in [-0.2, 0) is 11.8 Å². The minimum atomic E-state index is -0.702. The van der Waals surface area contributed by atoms with Crippen LogP contribution in [0.4, 0.5) is 0 Å². The number of amides is 1. The standard InChI is InChI=1S/C25H33ClN2O4/c1-8-32-25(31)22-16(4)21(17(5)27(22)7)23(29)18(6)28(14-13-15(2)3)24(30)19-9-11-20(26)12-10-19/h9-12,15,18H,8,13-14H2,1-7H3. The molecule has 0 radical (unpaired) electrons. The van der Waals surface area contributed by atoms with Crippen molar-refractivity contribution in [1.29, 1.82) is 0 Å². The van der Waals surface area contributed by atoms with Crippen LogP contribution < -0.4 is 0 Å². The molecule has 0 fully saturated rings. The van der Waals surface area contributed by atoms with Crippen molar-refractivity contribution >= 4 is 29.3 Å². The fraction of sp³-hybridized carbons (Fsp3) is 0.480. The second-order valence-corrected chi connectivity index (χ2v) is 8.88. The van der Waals surface area contributed by atoms with Gasteiger partial charge < -0.3 is 14.2 Å². The number of ketones is 1. The molecule has 2 aromatic rings. The topological polar surface area (TPSA) is 68.6 Å². The Kier molecular flexibility index (Phi) is 8.67. The molecule has 2 rings (SSSR count). The lowest BCUT2D eigenvalue weighted by molar-refractivity contribution is 0.0513. The number of benzene rings is 1. The second-order valence-electron chi connectivity index (χ2n) is 8.44. The van der Waals surface area contributed by atoms with Gasteiger partial charge in [-0.3, -0.25) is 9.59 Å². The third-order valence-corrected chi connectivity index (χ3v) is 6.04. The van der Waals surface area contributed by atoms with E-state index >= 15 is 0 Å². The maximum atomic E-state index is 13.6. The monoisotopic (exact) mass is 460 g/mol. The predicted octanol–water partition coefficient (Wildman–Crippen LogP) is 5.23. The van der Waals surface area contributed by atoms with Crippen molar-refractivity contribution in [2.45, 2.75) is 54.0 Å². The first-order chi connectivity index (χ1) is 15.0. The van der Waals surface area contributed by atoms with Crippen LogP contribution in [-0.4, -0.2) is 46.3 Å². The van der Waals surface area contributed by atoms with Gasteiger partial charge in [0.15, 0.2) is 5.78 Å². The number of carbonyl (C=O) groups excluding carboxylic acids is 3. The summed E-state index contributed by atoms with van der Waals surface area (Å²) in [6.07, 6.45) is 0.762. The molecule has 0 aliphatic carbocycles. The van der Waals surface area contributed by atoms with Crippen LogP contribution in [0.15, 0.2) is 24.3 Å². The van der Waals surface area contributed by atoms with Gasteiger partial charge in [-0.1, -0.05) is 25.4 Å². The molecule has 6 nitrogen and oxygen atoms in total. The molecule has 1 unspecified atom stereocenters. The van der Waals surface area contributed by atoms with Crippen LogP contribution in [0, 0.1) is 19.8 Å². The number of halogens is 1. The molecule has 0 N–H and O–H groups in total. The Hall–Kier alpha value is -2.60. The molecule has 1 aromatic carbocycles. The normalized spacial score (nSPS) is 12.0. The molecule has 0 aliphatic heterocycles. The van der Waals surface area contributed by atoms with Crippen LogP contribution in [0.3, 0.4) is 0 Å². The zero-order valence-corrected chi connectivity index (χ0v) is 20.7. The van der Waals surface area contributed by atoms with Gasteiger partial charge in [-0.15, -0.1) is 0 Å². The first kappa shape index (κ1) is 25.7. The van der Waals surface area contributed by atoms with Crippen molar-refractivity contribution in [3.8, 4) is 0 Å². The van der Waals surface area contributed by atoms with Gasteiger partial charge >= 0.3 is 5.97 Å². The predicted molar refractivity (Wildman–Crippen MR) is 127 cm³/mol. The molecule has 1 heterocycles. The molecule has 32 heavy (non-hydrogen) atoms. The van der Waals surface area contributed by atoms with Crippen LogP contribution in [0.1, 0.15) is 76.6 Å². The van der Waals surface area contributed by atoms with Crippen LogP contribution in [0.25, 0.3) is 0 Å². The highest BCUT2D eigenvalue weighted by Crippen LogP contribution is 2.25. The van der Waals surface area contributed by atoms with Crippen molar-refractivity contribution < 1.29 is 19.1 Å². The summed E-state index contributed by atoms with van der Waals surface area (Å²) in [4.78, 5) is 41.0. The number of Topliss-reactive ketones (excluding diaryl/α,β-unsaturated/α-hetero) is 1. The van der Waals surface area contributed by atoms with E-state index < -0.39 is 12.0 Å². The van der Waals surface area contributed by atoms with E-state index in [0.29, 0.717) is 45.6 Å². The summed E-state index contributed by atoms with van der Waals surface area (Å²) in [5.41, 5.74) is 2.54. The largest absolute Gasteiger partial charge is 0.461 e. The van der Waals surface area contributed by atoms with E-state index in [4.69, 9.17) is 16.3 Å². The van der Waals surface area contributed by atoms with Crippen molar-refractivity contribution in [2.24, 2.45) is 13.0 Å². The number of aromatic nitrogens is 1. The summed E-state index contributed by atoms with van der Waals surface area (Å²) in [5, 5.41) is 0.543. The smallest absolute Gasteiger partial charge is 0.355 e. The minimum Gasteiger partial charge on any atom is -0.461 e. The van der Waals surface area contributed by atoms with Crippen LogP contribution in [0.2, 0.25) is 5.02 Å². The number of hydrogen-bond donors (Lipinski definition) is 0. The van der Waals surface area contributed by atoms with E-state index in [1.165, 1.54) is 0 Å². The van der Waals surface area contributed by atoms with Gasteiger partial charge in [0.05, 0.1) is 12.6 Å². The molecule has 0 spiro atoms. The molecule has 0 saturated carbocycles. The quantitative estimate of drug-likeness (QED) is 0.379. The Balaban J connectivity index is 2.45. The van der Waals surface area contributed by atoms with Crippen molar-refractivity contribution in [2.75, 3.05) is 13.2 Å². The second kappa shape index (κ2) is 10.8. The average molecular weight is 461 g/mol. The summed E-state index contributed by atoms with van der Waals surface area (Å²) in [6.45, 7) is 11.9. The number of hydrogen-bond acceptors (Lipinski definition) is 4. The van der Waals surface area contributed by atoms with Crippen LogP contribution in [0.5, 0.6) is 0 Å². The molecule has 0 saturated heterocycles. The third kappa shape index (κ3) is 5.41. The Morgan fingerprint density at radius 3 is 2.22 bits per heavy atom. The summed E-state index contributed by atoms with van der Waals surface area (Å²) in [6, 6.07) is 5.97. The Morgan fingerprint density at radius 1 is 1.09 bits per heavy atom. The highest BCUT2D eigenvalue weighted by Gasteiger charge is 2.32. The number of rotatable bonds is 9. The molecule has 1 amide bonds. The van der Waals surface area contributed by atoms with E-state index in [1.54, 1.807) is 68.5 Å². The molecule has 1 aromatic heterocycles. The minimum absolute atomic E-state index is 0.197. The maximum Gasteiger partial charge on any atom is 0.355 e. The third-order valence-electron chi connectivity index (χ3n) is 5.79. The zero-order valence-electron chi connectivity index (χ0n) is 20.0. The summed E-state index contributed by atoms with van der Waals surface area (Å²) < 4.78 is 6.86. The highest BCUT2D eigenvalue weighted by molar-refractivity contribution is 6.30. The maximum absolute atomic E-state index is 13.6. The fourth-order valence-corrected chi connectivity index (χ4v) is 3.93. The molecule has 174 valence electrons. The highest BCUT2D eigenvalue weighted by atomic mass is 35.5. The Bertz CT molecular complexity index is 992. The molecule has 0 bridgehead atoms. The fourth-order valence-electron chi connectivity index (χ4n) is 3.81. The van der Waals surface area contributed by atoms with Gasteiger partial charge in [0, 0.05) is 35.4 Å². The first-order valence-electron chi connectivity index (χ1n) is 10.9. The van der Waals surface area contributed by atoms with Gasteiger partial charge in [0.25, 0.3) is 5.91 Å². The first-order valence-corrected chi connectivity index (χ1v) is 11.3. The summed E-state index contributed by atoms with van der Waals surface area (Å²) in [7, 11) is 1.74. The molecular formula is C25H33ClN2O4. The number of nitrogens with zero attached hydrogens (tertiary/aromatic N) is 2. The van der Waals surface area contributed by atoms with Gasteiger partial charge in [0.2, 0.25) is 0 Å². The van der Waals surface area contributed by atoms with Gasteiger partial charge in [0.1, 0.15) is 5.69 Å². The van der Waals surface area contributed by atoms with Crippen molar-refractivity contribution in [1.82, 2.24) is 9.47 Å². The molecular weight excluding hydrogens is 428 g/mol. The number of ether oxygens (including phenoxy) is 1.